The third-order valence-electron chi connectivity index (χ3n) is 5.88. The molecule has 1 heteroatoms. The fourth-order valence-corrected chi connectivity index (χ4v) is 4.63. The molecule has 5 atom stereocenters. The first-order valence-electron chi connectivity index (χ1n) is 9.11. The molecule has 0 radical (unpaired) electrons. The van der Waals surface area contributed by atoms with Gasteiger partial charge < -0.3 is 5.32 Å². The minimum absolute atomic E-state index is 0.759. The summed E-state index contributed by atoms with van der Waals surface area (Å²) in [6.07, 6.45) is 8.61. The number of benzene rings is 1. The Morgan fingerprint density at radius 2 is 1.90 bits per heavy atom. The van der Waals surface area contributed by atoms with Crippen molar-refractivity contribution in [2.75, 3.05) is 6.54 Å². The minimum Gasteiger partial charge on any atom is -0.314 e. The van der Waals surface area contributed by atoms with Gasteiger partial charge in [-0.3, -0.25) is 0 Å². The molecule has 0 spiro atoms. The van der Waals surface area contributed by atoms with Crippen LogP contribution < -0.4 is 5.32 Å². The molecule has 1 aromatic rings. The standard InChI is InChI=1S/C20H31N/c1-3-15-9-8-12-17(13-15)20(21-4-2)19-14-18(19)16-10-6-5-7-11-16/h5-7,10-11,15,17-21H,3-4,8-9,12-14H2,1-2H3. The van der Waals surface area contributed by atoms with Crippen molar-refractivity contribution in [3.63, 3.8) is 0 Å². The summed E-state index contributed by atoms with van der Waals surface area (Å²) in [5, 5.41) is 3.86. The van der Waals surface area contributed by atoms with Gasteiger partial charge in [-0.2, -0.15) is 0 Å². The third kappa shape index (κ3) is 3.51. The van der Waals surface area contributed by atoms with Crippen molar-refractivity contribution < 1.29 is 0 Å². The summed E-state index contributed by atoms with van der Waals surface area (Å²) >= 11 is 0. The molecule has 0 heterocycles. The molecule has 1 nitrogen and oxygen atoms in total. The highest BCUT2D eigenvalue weighted by molar-refractivity contribution is 5.27. The van der Waals surface area contributed by atoms with E-state index in [4.69, 9.17) is 0 Å². The van der Waals surface area contributed by atoms with E-state index >= 15 is 0 Å². The highest BCUT2D eigenvalue weighted by Gasteiger charge is 2.46. The van der Waals surface area contributed by atoms with Gasteiger partial charge in [-0.25, -0.2) is 0 Å². The molecule has 0 saturated heterocycles. The summed E-state index contributed by atoms with van der Waals surface area (Å²) in [5.41, 5.74) is 1.56. The van der Waals surface area contributed by atoms with E-state index in [0.29, 0.717) is 0 Å². The summed E-state index contributed by atoms with van der Waals surface area (Å²) in [7, 11) is 0. The smallest absolute Gasteiger partial charge is 0.0130 e. The molecule has 3 rings (SSSR count). The minimum atomic E-state index is 0.759. The van der Waals surface area contributed by atoms with Crippen LogP contribution in [0.3, 0.4) is 0 Å². The monoisotopic (exact) mass is 285 g/mol. The van der Waals surface area contributed by atoms with E-state index < -0.39 is 0 Å². The molecule has 0 aliphatic heterocycles. The van der Waals surface area contributed by atoms with E-state index in [1.807, 2.05) is 0 Å². The van der Waals surface area contributed by atoms with Crippen molar-refractivity contribution in [3.8, 4) is 0 Å². The Kier molecular flexibility index (Phi) is 5.00. The van der Waals surface area contributed by atoms with Crippen LogP contribution >= 0.6 is 0 Å². The molecule has 2 fully saturated rings. The van der Waals surface area contributed by atoms with Crippen molar-refractivity contribution >= 4 is 0 Å². The van der Waals surface area contributed by atoms with Crippen LogP contribution in [-0.4, -0.2) is 12.6 Å². The summed E-state index contributed by atoms with van der Waals surface area (Å²) in [5.74, 6) is 3.60. The summed E-state index contributed by atoms with van der Waals surface area (Å²) < 4.78 is 0. The van der Waals surface area contributed by atoms with Crippen LogP contribution in [0.25, 0.3) is 0 Å². The van der Waals surface area contributed by atoms with Gasteiger partial charge in [0, 0.05) is 6.04 Å². The second kappa shape index (κ2) is 6.96. The van der Waals surface area contributed by atoms with Crippen molar-refractivity contribution in [2.45, 2.75) is 64.3 Å². The third-order valence-corrected chi connectivity index (χ3v) is 5.88. The lowest BCUT2D eigenvalue weighted by Crippen LogP contribution is -2.40. The molecule has 2 aliphatic carbocycles. The first-order valence-corrected chi connectivity index (χ1v) is 9.11. The zero-order valence-electron chi connectivity index (χ0n) is 13.7. The fraction of sp³-hybridized carbons (Fsp3) is 0.700. The van der Waals surface area contributed by atoms with Gasteiger partial charge in [0.2, 0.25) is 0 Å². The lowest BCUT2D eigenvalue weighted by Gasteiger charge is -2.35. The Bertz CT molecular complexity index is 427. The average Bonchev–Trinajstić information content (AvgIpc) is 3.34. The average molecular weight is 285 g/mol. The van der Waals surface area contributed by atoms with Crippen molar-refractivity contribution in [1.82, 2.24) is 5.32 Å². The summed E-state index contributed by atoms with van der Waals surface area (Å²) in [6, 6.07) is 11.9. The number of rotatable bonds is 6. The maximum absolute atomic E-state index is 3.86. The highest BCUT2D eigenvalue weighted by Crippen LogP contribution is 2.52. The van der Waals surface area contributed by atoms with Gasteiger partial charge >= 0.3 is 0 Å². The summed E-state index contributed by atoms with van der Waals surface area (Å²) in [4.78, 5) is 0. The molecule has 2 saturated carbocycles. The predicted octanol–water partition coefficient (Wildman–Crippen LogP) is 4.98. The number of hydrogen-bond acceptors (Lipinski definition) is 1. The van der Waals surface area contributed by atoms with E-state index in [1.165, 1.54) is 38.5 Å². The van der Waals surface area contributed by atoms with Gasteiger partial charge in [-0.05, 0) is 55.0 Å². The Balaban J connectivity index is 1.65. The second-order valence-corrected chi connectivity index (χ2v) is 7.20. The van der Waals surface area contributed by atoms with Crippen LogP contribution in [0.4, 0.5) is 0 Å². The largest absolute Gasteiger partial charge is 0.314 e. The van der Waals surface area contributed by atoms with E-state index in [0.717, 1.165) is 36.3 Å². The van der Waals surface area contributed by atoms with Crippen LogP contribution in [0.5, 0.6) is 0 Å². The Morgan fingerprint density at radius 1 is 1.10 bits per heavy atom. The van der Waals surface area contributed by atoms with E-state index in [1.54, 1.807) is 5.56 Å². The molecule has 0 amide bonds. The Morgan fingerprint density at radius 3 is 2.62 bits per heavy atom. The zero-order valence-corrected chi connectivity index (χ0v) is 13.7. The number of nitrogens with one attached hydrogen (secondary N) is 1. The maximum atomic E-state index is 3.86. The molecule has 0 aromatic heterocycles. The molecule has 1 aromatic carbocycles. The van der Waals surface area contributed by atoms with Crippen molar-refractivity contribution in [3.05, 3.63) is 35.9 Å². The van der Waals surface area contributed by atoms with Crippen molar-refractivity contribution in [2.24, 2.45) is 17.8 Å². The zero-order chi connectivity index (χ0) is 14.7. The lowest BCUT2D eigenvalue weighted by molar-refractivity contribution is 0.195. The fourth-order valence-electron chi connectivity index (χ4n) is 4.63. The van der Waals surface area contributed by atoms with Gasteiger partial charge in [0.25, 0.3) is 0 Å². The SMILES string of the molecule is CCNC(C1CCCC(CC)C1)C1CC1c1ccccc1. The van der Waals surface area contributed by atoms with Crippen LogP contribution in [0, 0.1) is 17.8 Å². The lowest BCUT2D eigenvalue weighted by atomic mass is 9.75. The molecular formula is C20H31N. The quantitative estimate of drug-likeness (QED) is 0.777. The van der Waals surface area contributed by atoms with Gasteiger partial charge in [0.15, 0.2) is 0 Å². The van der Waals surface area contributed by atoms with Gasteiger partial charge in [-0.15, -0.1) is 0 Å². The maximum Gasteiger partial charge on any atom is 0.0130 e. The summed E-state index contributed by atoms with van der Waals surface area (Å²) in [6.45, 7) is 5.77. The second-order valence-electron chi connectivity index (χ2n) is 7.20. The first kappa shape index (κ1) is 15.1. The molecule has 5 unspecified atom stereocenters. The molecule has 1 N–H and O–H groups in total. The molecule has 2 aliphatic rings. The Labute approximate surface area is 130 Å². The van der Waals surface area contributed by atoms with Gasteiger partial charge in [-0.1, -0.05) is 63.4 Å². The van der Waals surface area contributed by atoms with Crippen LogP contribution in [0.2, 0.25) is 0 Å². The normalized spacial score (nSPS) is 33.6. The van der Waals surface area contributed by atoms with Crippen molar-refractivity contribution in [1.29, 1.82) is 0 Å². The highest BCUT2D eigenvalue weighted by atomic mass is 14.9. The van der Waals surface area contributed by atoms with Crippen LogP contribution in [-0.2, 0) is 0 Å². The van der Waals surface area contributed by atoms with E-state index in [-0.39, 0.29) is 0 Å². The predicted molar refractivity (Wildman–Crippen MR) is 90.5 cm³/mol. The van der Waals surface area contributed by atoms with E-state index in [2.05, 4.69) is 49.5 Å². The topological polar surface area (TPSA) is 12.0 Å². The molecule has 21 heavy (non-hydrogen) atoms. The molecule has 116 valence electrons. The molecular weight excluding hydrogens is 254 g/mol. The Hall–Kier alpha value is -0.820. The van der Waals surface area contributed by atoms with Gasteiger partial charge in [0.05, 0.1) is 0 Å². The number of hydrogen-bond donors (Lipinski definition) is 1. The van der Waals surface area contributed by atoms with E-state index in [9.17, 15) is 0 Å². The first-order chi connectivity index (χ1) is 10.3. The molecule has 0 bridgehead atoms. The van der Waals surface area contributed by atoms with Gasteiger partial charge in [0.1, 0.15) is 0 Å². The van der Waals surface area contributed by atoms with Crippen LogP contribution in [0.15, 0.2) is 30.3 Å². The van der Waals surface area contributed by atoms with Crippen LogP contribution in [0.1, 0.15) is 63.9 Å².